The van der Waals surface area contributed by atoms with E-state index in [4.69, 9.17) is 4.74 Å². The lowest BCUT2D eigenvalue weighted by Gasteiger charge is -2.10. The van der Waals surface area contributed by atoms with Crippen molar-refractivity contribution in [1.82, 2.24) is 5.32 Å². The molecule has 3 aromatic carbocycles. The average Bonchev–Trinajstić information content (AvgIpc) is 2.83. The maximum atomic E-state index is 13.6. The molecule has 0 atom stereocenters. The molecule has 3 aromatic rings. The zero-order chi connectivity index (χ0) is 24.9. The van der Waals surface area contributed by atoms with Crippen LogP contribution < -0.4 is 20.1 Å². The van der Waals surface area contributed by atoms with Crippen molar-refractivity contribution in [3.05, 3.63) is 83.7 Å². The van der Waals surface area contributed by atoms with Crippen molar-refractivity contribution in [2.45, 2.75) is 4.90 Å². The number of methoxy groups -OCH3 is 1. The van der Waals surface area contributed by atoms with Crippen LogP contribution in [0.2, 0.25) is 0 Å². The Morgan fingerprint density at radius 3 is 2.15 bits per heavy atom. The average molecular weight is 493 g/mol. The summed E-state index contributed by atoms with van der Waals surface area (Å²) in [5.74, 6) is -5.76. The highest BCUT2D eigenvalue weighted by Gasteiger charge is 2.17. The van der Waals surface area contributed by atoms with Gasteiger partial charge >= 0.3 is 0 Å². The van der Waals surface area contributed by atoms with E-state index >= 15 is 0 Å². The van der Waals surface area contributed by atoms with Crippen molar-refractivity contribution in [3.63, 3.8) is 0 Å². The third kappa shape index (κ3) is 5.84. The molecule has 0 fully saturated rings. The van der Waals surface area contributed by atoms with Crippen LogP contribution in [0.5, 0.6) is 5.75 Å². The summed E-state index contributed by atoms with van der Waals surface area (Å²) >= 11 is 0. The number of nitrogens with one attached hydrogen (secondary N) is 3. The fourth-order valence-corrected chi connectivity index (χ4v) is 3.80. The molecule has 0 aliphatic rings. The van der Waals surface area contributed by atoms with Gasteiger partial charge in [0.2, 0.25) is 5.91 Å². The van der Waals surface area contributed by atoms with Gasteiger partial charge in [0.1, 0.15) is 5.75 Å². The molecule has 0 aliphatic heterocycles. The molecule has 0 aromatic heterocycles. The van der Waals surface area contributed by atoms with Crippen molar-refractivity contribution < 1.29 is 35.9 Å². The Kier molecular flexibility index (Phi) is 7.41. The Balaban J connectivity index is 1.59. The van der Waals surface area contributed by atoms with Crippen molar-refractivity contribution in [1.29, 1.82) is 0 Å². The summed E-state index contributed by atoms with van der Waals surface area (Å²) in [6, 6.07) is 12.6. The van der Waals surface area contributed by atoms with E-state index in [1.54, 1.807) is 12.1 Å². The van der Waals surface area contributed by atoms with Crippen LogP contribution in [-0.4, -0.2) is 33.9 Å². The SMILES string of the molecule is COc1ccc(NS(=O)(=O)c2ccc(C(=O)NCC(=O)Nc3ccc(F)c(F)c3F)cc2)cc1. The molecule has 34 heavy (non-hydrogen) atoms. The molecule has 0 aliphatic carbocycles. The number of ether oxygens (including phenoxy) is 1. The predicted octanol–water partition coefficient (Wildman–Crippen LogP) is 3.28. The number of carbonyl (C=O) groups is 2. The number of hydrogen-bond acceptors (Lipinski definition) is 5. The number of hydrogen-bond donors (Lipinski definition) is 3. The van der Waals surface area contributed by atoms with Gasteiger partial charge in [-0.3, -0.25) is 14.3 Å². The summed E-state index contributed by atoms with van der Waals surface area (Å²) in [6.45, 7) is -0.601. The molecule has 0 saturated carbocycles. The first-order chi connectivity index (χ1) is 16.1. The normalized spacial score (nSPS) is 10.9. The van der Waals surface area contributed by atoms with Gasteiger partial charge in [-0.1, -0.05) is 0 Å². The Morgan fingerprint density at radius 1 is 0.882 bits per heavy atom. The second-order valence-electron chi connectivity index (χ2n) is 6.81. The highest BCUT2D eigenvalue weighted by molar-refractivity contribution is 7.92. The van der Waals surface area contributed by atoms with Crippen LogP contribution in [0.1, 0.15) is 10.4 Å². The van der Waals surface area contributed by atoms with E-state index in [0.29, 0.717) is 17.5 Å². The number of rotatable bonds is 8. The standard InChI is InChI=1S/C22H18F3N3O5S/c1-33-15-6-4-14(5-7-15)28-34(31,32)16-8-2-13(3-9-16)22(30)26-12-19(29)27-18-11-10-17(23)20(24)21(18)25/h2-11,28H,12H2,1H3,(H,26,30)(H,27,29). The first kappa shape index (κ1) is 24.6. The van der Waals surface area contributed by atoms with Crippen LogP contribution in [0.15, 0.2) is 65.6 Å². The number of halogens is 3. The van der Waals surface area contributed by atoms with Crippen LogP contribution in [0.4, 0.5) is 24.5 Å². The van der Waals surface area contributed by atoms with E-state index in [1.807, 2.05) is 5.32 Å². The largest absolute Gasteiger partial charge is 0.497 e. The molecular formula is C22H18F3N3O5S. The van der Waals surface area contributed by atoms with Gasteiger partial charge in [0, 0.05) is 11.3 Å². The van der Waals surface area contributed by atoms with Crippen molar-refractivity contribution >= 4 is 33.2 Å². The van der Waals surface area contributed by atoms with Crippen molar-refractivity contribution in [2.75, 3.05) is 23.7 Å². The highest BCUT2D eigenvalue weighted by Crippen LogP contribution is 2.20. The van der Waals surface area contributed by atoms with Gasteiger partial charge < -0.3 is 15.4 Å². The summed E-state index contributed by atoms with van der Waals surface area (Å²) in [6.07, 6.45) is 0. The number of benzene rings is 3. The minimum atomic E-state index is -3.93. The molecule has 0 unspecified atom stereocenters. The minimum absolute atomic E-state index is 0.0511. The smallest absolute Gasteiger partial charge is 0.261 e. The topological polar surface area (TPSA) is 114 Å². The van der Waals surface area contributed by atoms with E-state index in [-0.39, 0.29) is 10.5 Å². The van der Waals surface area contributed by atoms with Gasteiger partial charge in [0.15, 0.2) is 17.5 Å². The lowest BCUT2D eigenvalue weighted by atomic mass is 10.2. The Morgan fingerprint density at radius 2 is 1.53 bits per heavy atom. The van der Waals surface area contributed by atoms with Gasteiger partial charge in [-0.15, -0.1) is 0 Å². The quantitative estimate of drug-likeness (QED) is 0.417. The predicted molar refractivity (Wildman–Crippen MR) is 118 cm³/mol. The second-order valence-corrected chi connectivity index (χ2v) is 8.49. The summed E-state index contributed by atoms with van der Waals surface area (Å²) in [5, 5.41) is 4.27. The zero-order valence-electron chi connectivity index (χ0n) is 17.6. The van der Waals surface area contributed by atoms with Gasteiger partial charge in [-0.25, -0.2) is 21.6 Å². The Hall–Kier alpha value is -4.06. The van der Waals surface area contributed by atoms with Gasteiger partial charge in [-0.2, -0.15) is 0 Å². The molecule has 0 bridgehead atoms. The first-order valence-electron chi connectivity index (χ1n) is 9.59. The fourth-order valence-electron chi connectivity index (χ4n) is 2.74. The van der Waals surface area contributed by atoms with Crippen LogP contribution in [-0.2, 0) is 14.8 Å². The van der Waals surface area contributed by atoms with Crippen LogP contribution in [0.3, 0.4) is 0 Å². The number of amides is 2. The number of sulfonamides is 1. The molecule has 12 heteroatoms. The summed E-state index contributed by atoms with van der Waals surface area (Å²) < 4.78 is 72.2. The monoisotopic (exact) mass is 493 g/mol. The fraction of sp³-hybridized carbons (Fsp3) is 0.0909. The summed E-state index contributed by atoms with van der Waals surface area (Å²) in [7, 11) is -2.44. The van der Waals surface area contributed by atoms with Crippen molar-refractivity contribution in [3.8, 4) is 5.75 Å². The molecule has 2 amide bonds. The lowest BCUT2D eigenvalue weighted by molar-refractivity contribution is -0.115. The molecule has 0 spiro atoms. The van der Waals surface area contributed by atoms with Crippen LogP contribution >= 0.6 is 0 Å². The summed E-state index contributed by atoms with van der Waals surface area (Å²) in [4.78, 5) is 24.0. The van der Waals surface area contributed by atoms with Gasteiger partial charge in [0.25, 0.3) is 15.9 Å². The molecule has 0 heterocycles. The van der Waals surface area contributed by atoms with E-state index in [9.17, 15) is 31.2 Å². The van der Waals surface area contributed by atoms with E-state index in [0.717, 1.165) is 6.07 Å². The summed E-state index contributed by atoms with van der Waals surface area (Å²) in [5.41, 5.74) is -0.224. The molecule has 0 radical (unpaired) electrons. The third-order valence-electron chi connectivity index (χ3n) is 4.49. The maximum absolute atomic E-state index is 13.6. The van der Waals surface area contributed by atoms with Crippen LogP contribution in [0.25, 0.3) is 0 Å². The number of anilines is 2. The minimum Gasteiger partial charge on any atom is -0.497 e. The van der Waals surface area contributed by atoms with Gasteiger partial charge in [-0.05, 0) is 60.7 Å². The molecule has 178 valence electrons. The number of carbonyl (C=O) groups excluding carboxylic acids is 2. The van der Waals surface area contributed by atoms with Gasteiger partial charge in [0.05, 0.1) is 24.2 Å². The van der Waals surface area contributed by atoms with Crippen molar-refractivity contribution in [2.24, 2.45) is 0 Å². The van der Waals surface area contributed by atoms with E-state index < -0.39 is 51.5 Å². The lowest BCUT2D eigenvalue weighted by Crippen LogP contribution is -2.33. The molecule has 0 saturated heterocycles. The second kappa shape index (κ2) is 10.3. The first-order valence-corrected chi connectivity index (χ1v) is 11.1. The Labute approximate surface area is 192 Å². The Bertz CT molecular complexity index is 1310. The molecular weight excluding hydrogens is 475 g/mol. The maximum Gasteiger partial charge on any atom is 0.261 e. The zero-order valence-corrected chi connectivity index (χ0v) is 18.4. The molecule has 3 N–H and O–H groups in total. The van der Waals surface area contributed by atoms with E-state index in [1.165, 1.54) is 43.5 Å². The highest BCUT2D eigenvalue weighted by atomic mass is 32.2. The third-order valence-corrected chi connectivity index (χ3v) is 5.89. The molecule has 3 rings (SSSR count). The van der Waals surface area contributed by atoms with Crippen LogP contribution in [0, 0.1) is 17.5 Å². The molecule has 8 nitrogen and oxygen atoms in total. The van der Waals surface area contributed by atoms with E-state index in [2.05, 4.69) is 10.0 Å².